The highest BCUT2D eigenvalue weighted by molar-refractivity contribution is 5.94. The summed E-state index contributed by atoms with van der Waals surface area (Å²) in [6, 6.07) is 15.9. The number of ether oxygens (including phenoxy) is 1. The van der Waals surface area contributed by atoms with Crippen molar-refractivity contribution in [3.05, 3.63) is 60.3 Å². The fourth-order valence-corrected chi connectivity index (χ4v) is 3.93. The van der Waals surface area contributed by atoms with Crippen LogP contribution >= 0.6 is 0 Å². The molecule has 170 valence electrons. The van der Waals surface area contributed by atoms with Crippen molar-refractivity contribution in [1.82, 2.24) is 14.5 Å². The molecule has 0 unspecified atom stereocenters. The van der Waals surface area contributed by atoms with Crippen LogP contribution in [0.1, 0.15) is 31.2 Å². The van der Waals surface area contributed by atoms with Crippen molar-refractivity contribution in [2.24, 2.45) is 5.92 Å². The van der Waals surface area contributed by atoms with Gasteiger partial charge >= 0.3 is 0 Å². The molecule has 0 bridgehead atoms. The Balaban J connectivity index is 1.41. The molecule has 0 spiro atoms. The molecule has 2 aliphatic carbocycles. The SMILES string of the molecule is COc1ccc(-c2cn(-c3ccc(C)cc3)c(NC(=O)CN(C(=O)C3CC3)C3CC3)n2)cc1. The van der Waals surface area contributed by atoms with Gasteiger partial charge in [-0.25, -0.2) is 4.98 Å². The molecule has 7 heteroatoms. The normalized spacial score (nSPS) is 15.2. The molecule has 2 fully saturated rings. The van der Waals surface area contributed by atoms with E-state index in [1.54, 1.807) is 12.0 Å². The molecule has 0 aliphatic heterocycles. The molecule has 1 aromatic heterocycles. The average molecular weight is 445 g/mol. The van der Waals surface area contributed by atoms with Crippen molar-refractivity contribution >= 4 is 17.8 Å². The van der Waals surface area contributed by atoms with Gasteiger partial charge in [0.05, 0.1) is 12.8 Å². The van der Waals surface area contributed by atoms with Crippen molar-refractivity contribution in [3.63, 3.8) is 0 Å². The molecule has 0 atom stereocenters. The van der Waals surface area contributed by atoms with E-state index in [1.807, 2.05) is 66.2 Å². The predicted octanol–water partition coefficient (Wildman–Crippen LogP) is 4.20. The molecular formula is C26H28N4O3. The van der Waals surface area contributed by atoms with Crippen LogP contribution < -0.4 is 10.1 Å². The van der Waals surface area contributed by atoms with Crippen molar-refractivity contribution < 1.29 is 14.3 Å². The number of carbonyl (C=O) groups is 2. The number of hydrogen-bond donors (Lipinski definition) is 1. The van der Waals surface area contributed by atoms with E-state index in [2.05, 4.69) is 5.32 Å². The number of benzene rings is 2. The minimum atomic E-state index is -0.226. The third kappa shape index (κ3) is 4.77. The van der Waals surface area contributed by atoms with Gasteiger partial charge in [0.1, 0.15) is 12.3 Å². The van der Waals surface area contributed by atoms with Crippen LogP contribution in [-0.2, 0) is 9.59 Å². The Labute approximate surface area is 193 Å². The first-order chi connectivity index (χ1) is 16.0. The Bertz CT molecular complexity index is 1160. The van der Waals surface area contributed by atoms with E-state index in [9.17, 15) is 9.59 Å². The molecule has 3 aromatic rings. The molecule has 1 N–H and O–H groups in total. The van der Waals surface area contributed by atoms with Crippen LogP contribution in [-0.4, -0.2) is 46.0 Å². The van der Waals surface area contributed by atoms with Gasteiger partial charge in [-0.05, 0) is 69.0 Å². The van der Waals surface area contributed by atoms with Gasteiger partial charge in [0.25, 0.3) is 0 Å². The molecule has 0 radical (unpaired) electrons. The lowest BCUT2D eigenvalue weighted by Gasteiger charge is -2.21. The zero-order valence-electron chi connectivity index (χ0n) is 19.0. The van der Waals surface area contributed by atoms with Gasteiger partial charge in [-0.1, -0.05) is 17.7 Å². The number of hydrogen-bond acceptors (Lipinski definition) is 4. The maximum absolute atomic E-state index is 13.0. The number of rotatable bonds is 8. The van der Waals surface area contributed by atoms with Gasteiger partial charge < -0.3 is 9.64 Å². The summed E-state index contributed by atoms with van der Waals surface area (Å²) in [5, 5.41) is 2.96. The van der Waals surface area contributed by atoms with E-state index in [0.29, 0.717) is 5.95 Å². The number of carbonyl (C=O) groups excluding carboxylic acids is 2. The van der Waals surface area contributed by atoms with Crippen LogP contribution in [0.2, 0.25) is 0 Å². The van der Waals surface area contributed by atoms with Crippen LogP contribution in [0.4, 0.5) is 5.95 Å². The van der Waals surface area contributed by atoms with Gasteiger partial charge in [-0.2, -0.15) is 0 Å². The number of amides is 2. The second kappa shape index (κ2) is 8.73. The Morgan fingerprint density at radius 2 is 1.76 bits per heavy atom. The summed E-state index contributed by atoms with van der Waals surface area (Å²) >= 11 is 0. The van der Waals surface area contributed by atoms with Crippen molar-refractivity contribution in [1.29, 1.82) is 0 Å². The molecule has 2 aromatic carbocycles. The summed E-state index contributed by atoms with van der Waals surface area (Å²) in [5.74, 6) is 1.20. The van der Waals surface area contributed by atoms with Crippen molar-refractivity contribution in [2.45, 2.75) is 38.6 Å². The third-order valence-corrected chi connectivity index (χ3v) is 6.17. The molecule has 33 heavy (non-hydrogen) atoms. The highest BCUT2D eigenvalue weighted by Gasteiger charge is 2.40. The van der Waals surface area contributed by atoms with E-state index < -0.39 is 0 Å². The Kier molecular flexibility index (Phi) is 5.62. The molecule has 2 amide bonds. The third-order valence-electron chi connectivity index (χ3n) is 6.17. The quantitative estimate of drug-likeness (QED) is 0.565. The highest BCUT2D eigenvalue weighted by Crippen LogP contribution is 2.36. The van der Waals surface area contributed by atoms with Crippen molar-refractivity contribution in [2.75, 3.05) is 19.0 Å². The van der Waals surface area contributed by atoms with E-state index in [0.717, 1.165) is 53.9 Å². The minimum absolute atomic E-state index is 0.0681. The number of anilines is 1. The van der Waals surface area contributed by atoms with Gasteiger partial charge in [0, 0.05) is 29.4 Å². The number of methoxy groups -OCH3 is 1. The molecule has 0 saturated heterocycles. The lowest BCUT2D eigenvalue weighted by atomic mass is 10.1. The van der Waals surface area contributed by atoms with E-state index in [4.69, 9.17) is 9.72 Å². The summed E-state index contributed by atoms with van der Waals surface area (Å²) in [5.41, 5.74) is 3.71. The summed E-state index contributed by atoms with van der Waals surface area (Å²) < 4.78 is 7.13. The number of nitrogens with one attached hydrogen (secondary N) is 1. The summed E-state index contributed by atoms with van der Waals surface area (Å²) in [4.78, 5) is 32.1. The molecule has 2 aliphatic rings. The van der Waals surface area contributed by atoms with Crippen molar-refractivity contribution in [3.8, 4) is 22.7 Å². The summed E-state index contributed by atoms with van der Waals surface area (Å²) in [6.45, 7) is 2.10. The van der Waals surface area contributed by atoms with Crippen LogP contribution in [0.5, 0.6) is 5.75 Å². The maximum atomic E-state index is 13.0. The number of aromatic nitrogens is 2. The lowest BCUT2D eigenvalue weighted by molar-refractivity contribution is -0.136. The van der Waals surface area contributed by atoms with Gasteiger partial charge in [0.15, 0.2) is 0 Å². The fraction of sp³-hybridized carbons (Fsp3) is 0.346. The first-order valence-corrected chi connectivity index (χ1v) is 11.4. The Hall–Kier alpha value is -3.61. The second-order valence-corrected chi connectivity index (χ2v) is 8.90. The van der Waals surface area contributed by atoms with Gasteiger partial charge in [-0.3, -0.25) is 19.5 Å². The molecule has 7 nitrogen and oxygen atoms in total. The van der Waals surface area contributed by atoms with Crippen LogP contribution in [0, 0.1) is 12.8 Å². The zero-order valence-corrected chi connectivity index (χ0v) is 19.0. The first-order valence-electron chi connectivity index (χ1n) is 11.4. The summed E-state index contributed by atoms with van der Waals surface area (Å²) in [6.07, 6.45) is 5.74. The van der Waals surface area contributed by atoms with Crippen LogP contribution in [0.25, 0.3) is 16.9 Å². The Morgan fingerprint density at radius 3 is 2.36 bits per heavy atom. The minimum Gasteiger partial charge on any atom is -0.497 e. The zero-order chi connectivity index (χ0) is 22.9. The predicted molar refractivity (Wildman–Crippen MR) is 126 cm³/mol. The number of imidazole rings is 1. The molecule has 5 rings (SSSR count). The van der Waals surface area contributed by atoms with Crippen LogP contribution in [0.3, 0.4) is 0 Å². The molecular weight excluding hydrogens is 416 g/mol. The van der Waals surface area contributed by atoms with E-state index in [-0.39, 0.29) is 30.3 Å². The Morgan fingerprint density at radius 1 is 1.06 bits per heavy atom. The monoisotopic (exact) mass is 444 g/mol. The molecule has 2 saturated carbocycles. The maximum Gasteiger partial charge on any atom is 0.246 e. The van der Waals surface area contributed by atoms with E-state index >= 15 is 0 Å². The largest absolute Gasteiger partial charge is 0.497 e. The topological polar surface area (TPSA) is 76.5 Å². The van der Waals surface area contributed by atoms with E-state index in [1.165, 1.54) is 0 Å². The van der Waals surface area contributed by atoms with Gasteiger partial charge in [-0.15, -0.1) is 0 Å². The second-order valence-electron chi connectivity index (χ2n) is 8.90. The molecule has 1 heterocycles. The highest BCUT2D eigenvalue weighted by atomic mass is 16.5. The number of aryl methyl sites for hydroxylation is 1. The first kappa shape index (κ1) is 21.2. The van der Waals surface area contributed by atoms with Gasteiger partial charge in [0.2, 0.25) is 17.8 Å². The number of nitrogens with zero attached hydrogens (tertiary/aromatic N) is 3. The standard InChI is InChI=1S/C26H28N4O3/c1-17-3-9-21(10-4-17)30-15-23(18-7-13-22(33-2)14-8-18)27-26(30)28-24(31)16-29(20-11-12-20)25(32)19-5-6-19/h3-4,7-10,13-15,19-20H,5-6,11-12,16H2,1-2H3,(H,27,28,31). The summed E-state index contributed by atoms with van der Waals surface area (Å²) in [7, 11) is 1.63. The lowest BCUT2D eigenvalue weighted by Crippen LogP contribution is -2.40. The smallest absolute Gasteiger partial charge is 0.246 e. The fourth-order valence-electron chi connectivity index (χ4n) is 3.93. The average Bonchev–Trinajstić information content (AvgIpc) is 3.75. The van der Waals surface area contributed by atoms with Crippen LogP contribution in [0.15, 0.2) is 54.7 Å².